The van der Waals surface area contributed by atoms with E-state index < -0.39 is 0 Å². The molecule has 0 unspecified atom stereocenters. The number of hydrogen-bond acceptors (Lipinski definition) is 5. The number of piperazine rings is 1. The van der Waals surface area contributed by atoms with Gasteiger partial charge in [0.25, 0.3) is 0 Å². The van der Waals surface area contributed by atoms with Crippen LogP contribution in [-0.2, 0) is 6.67 Å². The van der Waals surface area contributed by atoms with Crippen molar-refractivity contribution in [1.82, 2.24) is 29.8 Å². The summed E-state index contributed by atoms with van der Waals surface area (Å²) in [5, 5.41) is 10.3. The van der Waals surface area contributed by atoms with Crippen LogP contribution in [0.4, 0.5) is 0 Å². The first-order valence-electron chi connectivity index (χ1n) is 7.29. The number of fused-ring (bicyclic) bond motifs is 3. The van der Waals surface area contributed by atoms with Gasteiger partial charge in [0.2, 0.25) is 0 Å². The van der Waals surface area contributed by atoms with Gasteiger partial charge < -0.3 is 4.90 Å². The molecule has 0 radical (unpaired) electrons. The van der Waals surface area contributed by atoms with E-state index in [1.807, 2.05) is 12.1 Å². The van der Waals surface area contributed by atoms with Crippen LogP contribution in [0.1, 0.15) is 0 Å². The molecule has 6 heteroatoms. The van der Waals surface area contributed by atoms with Gasteiger partial charge in [0.05, 0.1) is 5.52 Å². The fourth-order valence-corrected chi connectivity index (χ4v) is 2.79. The molecular formula is C15H18N6. The first-order chi connectivity index (χ1) is 10.3. The molecule has 3 heterocycles. The van der Waals surface area contributed by atoms with Crippen LogP contribution in [0.25, 0.3) is 21.9 Å². The van der Waals surface area contributed by atoms with Gasteiger partial charge in [-0.3, -0.25) is 9.88 Å². The molecule has 1 saturated heterocycles. The lowest BCUT2D eigenvalue weighted by atomic mass is 10.2. The molecular weight excluding hydrogens is 264 g/mol. The van der Waals surface area contributed by atoms with Gasteiger partial charge in [-0.1, -0.05) is 12.1 Å². The maximum Gasteiger partial charge on any atom is 0.139 e. The van der Waals surface area contributed by atoms with Crippen molar-refractivity contribution in [2.45, 2.75) is 6.67 Å². The summed E-state index contributed by atoms with van der Waals surface area (Å²) in [5.74, 6) is 0. The molecule has 21 heavy (non-hydrogen) atoms. The number of hydrogen-bond donors (Lipinski definition) is 0. The topological polar surface area (TPSA) is 50.1 Å². The van der Waals surface area contributed by atoms with E-state index in [0.717, 1.165) is 54.8 Å². The maximum absolute atomic E-state index is 4.64. The Morgan fingerprint density at radius 1 is 1.00 bits per heavy atom. The summed E-state index contributed by atoms with van der Waals surface area (Å²) in [7, 11) is 2.16. The Balaban J connectivity index is 1.66. The Morgan fingerprint density at radius 3 is 2.71 bits per heavy atom. The van der Waals surface area contributed by atoms with Gasteiger partial charge in [-0.15, -0.1) is 5.10 Å². The van der Waals surface area contributed by atoms with Gasteiger partial charge >= 0.3 is 0 Å². The second-order valence-electron chi connectivity index (χ2n) is 5.64. The summed E-state index contributed by atoms with van der Waals surface area (Å²) < 4.78 is 0. The zero-order valence-electron chi connectivity index (χ0n) is 12.1. The monoisotopic (exact) mass is 282 g/mol. The van der Waals surface area contributed by atoms with Crippen LogP contribution in [0.2, 0.25) is 0 Å². The molecule has 6 nitrogen and oxygen atoms in total. The Labute approximate surface area is 123 Å². The van der Waals surface area contributed by atoms with Crippen LogP contribution in [0, 0.1) is 0 Å². The summed E-state index contributed by atoms with van der Waals surface area (Å²) in [5.41, 5.74) is 2.73. The van der Waals surface area contributed by atoms with Crippen LogP contribution >= 0.6 is 0 Å². The summed E-state index contributed by atoms with van der Waals surface area (Å²) in [6.45, 7) is 5.08. The van der Waals surface area contributed by atoms with Crippen molar-refractivity contribution in [3.8, 4) is 0 Å². The summed E-state index contributed by atoms with van der Waals surface area (Å²) >= 11 is 0. The highest BCUT2D eigenvalue weighted by Gasteiger charge is 2.15. The molecule has 0 saturated carbocycles. The molecule has 0 atom stereocenters. The minimum Gasteiger partial charge on any atom is -0.304 e. The van der Waals surface area contributed by atoms with E-state index in [-0.39, 0.29) is 0 Å². The highest BCUT2D eigenvalue weighted by atomic mass is 15.5. The molecule has 0 N–H and O–H groups in total. The summed E-state index contributed by atoms with van der Waals surface area (Å²) in [6, 6.07) is 8.08. The highest BCUT2D eigenvalue weighted by molar-refractivity contribution is 6.00. The molecule has 2 aromatic heterocycles. The third-order valence-electron chi connectivity index (χ3n) is 4.09. The van der Waals surface area contributed by atoms with Crippen molar-refractivity contribution in [2.75, 3.05) is 33.2 Å². The van der Waals surface area contributed by atoms with E-state index >= 15 is 0 Å². The van der Waals surface area contributed by atoms with Crippen LogP contribution in [0.3, 0.4) is 0 Å². The summed E-state index contributed by atoms with van der Waals surface area (Å²) in [4.78, 5) is 11.0. The second kappa shape index (κ2) is 5.05. The molecule has 1 aromatic carbocycles. The van der Waals surface area contributed by atoms with Crippen LogP contribution in [0.5, 0.6) is 0 Å². The predicted octanol–water partition coefficient (Wildman–Crippen LogP) is 1.18. The number of nitrogens with zero attached hydrogens (tertiary/aromatic N) is 6. The van der Waals surface area contributed by atoms with Gasteiger partial charge in [-0.25, -0.2) is 0 Å². The molecule has 1 aliphatic heterocycles. The molecule has 0 aliphatic carbocycles. The summed E-state index contributed by atoms with van der Waals surface area (Å²) in [6.07, 6.45) is 1.81. The number of likely N-dealkylation sites (N-methyl/N-ethyl adjacent to an activating group) is 1. The van der Waals surface area contributed by atoms with Crippen molar-refractivity contribution < 1.29 is 0 Å². The molecule has 0 bridgehead atoms. The molecule has 1 fully saturated rings. The first kappa shape index (κ1) is 12.7. The molecule has 1 aliphatic rings. The Kier molecular flexibility index (Phi) is 3.05. The Hall–Kier alpha value is -2.05. The quantitative estimate of drug-likeness (QED) is 0.706. The van der Waals surface area contributed by atoms with Crippen molar-refractivity contribution >= 4 is 21.9 Å². The Bertz CT molecular complexity index is 772. The smallest absolute Gasteiger partial charge is 0.139 e. The average molecular weight is 282 g/mol. The number of rotatable bonds is 2. The van der Waals surface area contributed by atoms with Crippen LogP contribution in [0.15, 0.2) is 30.5 Å². The average Bonchev–Trinajstić information content (AvgIpc) is 2.92. The van der Waals surface area contributed by atoms with Crippen molar-refractivity contribution in [3.05, 3.63) is 30.5 Å². The van der Waals surface area contributed by atoms with E-state index in [2.05, 4.69) is 44.2 Å². The van der Waals surface area contributed by atoms with Crippen LogP contribution in [-0.4, -0.2) is 63.0 Å². The lowest BCUT2D eigenvalue weighted by molar-refractivity contribution is 0.114. The van der Waals surface area contributed by atoms with E-state index in [4.69, 9.17) is 0 Å². The molecule has 0 spiro atoms. The molecule has 4 rings (SSSR count). The molecule has 3 aromatic rings. The lowest BCUT2D eigenvalue weighted by Crippen LogP contribution is -2.45. The maximum atomic E-state index is 4.64. The second-order valence-corrected chi connectivity index (χ2v) is 5.64. The standard InChI is InChI=1S/C15H18N6/c1-19-7-9-20(10-8-19)11-21-17-13-5-4-12-3-2-6-16-14(12)15(13)18-21/h2-6H,7-11H2,1H3. The number of benzene rings is 1. The number of pyridine rings is 1. The SMILES string of the molecule is CN1CCN(Cn2nc3ccc4cccnc4c3n2)CC1. The van der Waals surface area contributed by atoms with Crippen LogP contribution < -0.4 is 0 Å². The van der Waals surface area contributed by atoms with Crippen molar-refractivity contribution in [2.24, 2.45) is 0 Å². The third kappa shape index (κ3) is 2.36. The van der Waals surface area contributed by atoms with Crippen molar-refractivity contribution in [1.29, 1.82) is 0 Å². The first-order valence-corrected chi connectivity index (χ1v) is 7.29. The van der Waals surface area contributed by atoms with E-state index in [1.165, 1.54) is 0 Å². The van der Waals surface area contributed by atoms with E-state index in [9.17, 15) is 0 Å². The van der Waals surface area contributed by atoms with Gasteiger partial charge in [-0.2, -0.15) is 9.90 Å². The highest BCUT2D eigenvalue weighted by Crippen LogP contribution is 2.20. The van der Waals surface area contributed by atoms with Gasteiger partial charge in [0.1, 0.15) is 17.7 Å². The van der Waals surface area contributed by atoms with Gasteiger partial charge in [-0.05, 0) is 19.2 Å². The lowest BCUT2D eigenvalue weighted by Gasteiger charge is -2.31. The fourth-order valence-electron chi connectivity index (χ4n) is 2.79. The zero-order valence-corrected chi connectivity index (χ0v) is 12.1. The molecule has 108 valence electrons. The minimum atomic E-state index is 0.747. The fraction of sp³-hybridized carbons (Fsp3) is 0.400. The van der Waals surface area contributed by atoms with Gasteiger partial charge in [0, 0.05) is 37.8 Å². The third-order valence-corrected chi connectivity index (χ3v) is 4.09. The minimum absolute atomic E-state index is 0.747. The number of aromatic nitrogens is 4. The van der Waals surface area contributed by atoms with E-state index in [1.54, 1.807) is 11.0 Å². The molecule has 0 amide bonds. The van der Waals surface area contributed by atoms with E-state index in [0.29, 0.717) is 0 Å². The Morgan fingerprint density at radius 2 is 1.86 bits per heavy atom. The zero-order chi connectivity index (χ0) is 14.2. The van der Waals surface area contributed by atoms with Crippen molar-refractivity contribution in [3.63, 3.8) is 0 Å². The van der Waals surface area contributed by atoms with Gasteiger partial charge in [0.15, 0.2) is 0 Å². The normalized spacial score (nSPS) is 17.8. The predicted molar refractivity (Wildman–Crippen MR) is 81.9 cm³/mol. The largest absolute Gasteiger partial charge is 0.304 e.